The third-order valence-electron chi connectivity index (χ3n) is 6.24. The van der Waals surface area contributed by atoms with E-state index in [1.807, 2.05) is 0 Å². The van der Waals surface area contributed by atoms with Crippen LogP contribution in [0.3, 0.4) is 0 Å². The molecule has 0 N–H and O–H groups in total. The molecule has 4 aromatic carbocycles. The highest BCUT2D eigenvalue weighted by atomic mass is 16.5. The Balaban J connectivity index is 1.23. The summed E-state index contributed by atoms with van der Waals surface area (Å²) in [6.45, 7) is 4.67. The molecule has 10 aliphatic heterocycles. The van der Waals surface area contributed by atoms with Gasteiger partial charge in [-0.1, -0.05) is 97.1 Å². The number of benzene rings is 4. The van der Waals surface area contributed by atoms with Crippen LogP contribution in [0.25, 0.3) is 0 Å². The fourth-order valence-corrected chi connectivity index (χ4v) is 4.07. The lowest BCUT2D eigenvalue weighted by Gasteiger charge is -2.10. The average Bonchev–Trinajstić information content (AvgIpc) is 2.92. The van der Waals surface area contributed by atoms with E-state index in [0.717, 1.165) is 44.5 Å². The van der Waals surface area contributed by atoms with Gasteiger partial charge < -0.3 is 18.9 Å². The molecule has 10 aliphatic rings. The highest BCUT2D eigenvalue weighted by Gasteiger charge is 2.02. The first-order valence-corrected chi connectivity index (χ1v) is 12.4. The van der Waals surface area contributed by atoms with Crippen LogP contribution in [0.5, 0.6) is 0 Å². The van der Waals surface area contributed by atoms with Crippen LogP contribution in [0.15, 0.2) is 97.1 Å². The van der Waals surface area contributed by atoms with E-state index in [2.05, 4.69) is 97.1 Å². The fraction of sp³-hybridized carbons (Fsp3) is 0.250. The normalized spacial score (nSPS) is 15.6. The van der Waals surface area contributed by atoms with E-state index in [0.29, 0.717) is 52.9 Å². The SMILES string of the molecule is c1cc2ccc1COCc1ccc(cc1)COCc1ccc(cc1)COCc1ccc(cc1)COC2. The van der Waals surface area contributed by atoms with Gasteiger partial charge in [-0.15, -0.1) is 0 Å². The zero-order chi connectivity index (χ0) is 24.4. The summed E-state index contributed by atoms with van der Waals surface area (Å²) < 4.78 is 23.7. The van der Waals surface area contributed by atoms with E-state index in [9.17, 15) is 0 Å². The smallest absolute Gasteiger partial charge is 0.0721 e. The average molecular weight is 481 g/mol. The van der Waals surface area contributed by atoms with E-state index < -0.39 is 0 Å². The van der Waals surface area contributed by atoms with Crippen molar-refractivity contribution >= 4 is 0 Å². The topological polar surface area (TPSA) is 36.9 Å². The Hall–Kier alpha value is -3.28. The Morgan fingerprint density at radius 2 is 0.333 bits per heavy atom. The predicted octanol–water partition coefficient (Wildman–Crippen LogP) is 6.87. The highest BCUT2D eigenvalue weighted by Crippen LogP contribution is 2.14. The number of rotatable bonds is 0. The first-order valence-electron chi connectivity index (χ1n) is 12.4. The number of hydrogen-bond acceptors (Lipinski definition) is 4. The van der Waals surface area contributed by atoms with Crippen molar-refractivity contribution in [2.75, 3.05) is 0 Å². The molecular formula is C32H32O4. The van der Waals surface area contributed by atoms with Crippen molar-refractivity contribution in [1.82, 2.24) is 0 Å². The van der Waals surface area contributed by atoms with Gasteiger partial charge in [0, 0.05) is 0 Å². The maximum Gasteiger partial charge on any atom is 0.0721 e. The molecule has 8 bridgehead atoms. The molecular weight excluding hydrogens is 448 g/mol. The maximum atomic E-state index is 5.93. The van der Waals surface area contributed by atoms with Crippen molar-refractivity contribution < 1.29 is 18.9 Å². The molecule has 0 unspecified atom stereocenters. The minimum atomic E-state index is 0.584. The minimum Gasteiger partial charge on any atom is -0.372 e. The summed E-state index contributed by atoms with van der Waals surface area (Å²) >= 11 is 0. The van der Waals surface area contributed by atoms with Gasteiger partial charge in [-0.3, -0.25) is 0 Å². The lowest BCUT2D eigenvalue weighted by Crippen LogP contribution is -1.99. The van der Waals surface area contributed by atoms with Gasteiger partial charge in [-0.2, -0.15) is 0 Å². The van der Waals surface area contributed by atoms with Crippen LogP contribution in [-0.4, -0.2) is 0 Å². The van der Waals surface area contributed by atoms with E-state index in [1.165, 1.54) is 0 Å². The van der Waals surface area contributed by atoms with E-state index in [1.54, 1.807) is 0 Å². The van der Waals surface area contributed by atoms with Crippen LogP contribution < -0.4 is 0 Å². The second-order valence-electron chi connectivity index (χ2n) is 9.24. The Bertz CT molecular complexity index is 907. The molecule has 14 rings (SSSR count). The van der Waals surface area contributed by atoms with Gasteiger partial charge in [0.15, 0.2) is 0 Å². The lowest BCUT2D eigenvalue weighted by molar-refractivity contribution is 0.103. The second-order valence-corrected chi connectivity index (χ2v) is 9.24. The molecule has 0 saturated heterocycles. The van der Waals surface area contributed by atoms with Gasteiger partial charge in [0.25, 0.3) is 0 Å². The standard InChI is InChI=1S/C32H32O4/c1-2-26-4-3-25(1)17-33-19-27-5-7-29(8-6-27)21-35-23-31-13-15-32(16-14-31)24-36-22-30-11-9-28(10-12-30)20-34-18-26/h1-16H,17-24H2. The molecule has 0 fully saturated rings. The molecule has 4 nitrogen and oxygen atoms in total. The molecule has 0 aliphatic carbocycles. The van der Waals surface area contributed by atoms with Crippen LogP contribution in [0.1, 0.15) is 44.5 Å². The molecule has 0 amide bonds. The Morgan fingerprint density at radius 1 is 0.222 bits per heavy atom. The van der Waals surface area contributed by atoms with Crippen molar-refractivity contribution in [3.8, 4) is 0 Å². The van der Waals surface area contributed by atoms with Crippen LogP contribution in [0, 0.1) is 0 Å². The van der Waals surface area contributed by atoms with Gasteiger partial charge in [0.05, 0.1) is 52.9 Å². The zero-order valence-electron chi connectivity index (χ0n) is 20.5. The van der Waals surface area contributed by atoms with Gasteiger partial charge >= 0.3 is 0 Å². The van der Waals surface area contributed by atoms with E-state index in [4.69, 9.17) is 18.9 Å². The summed E-state index contributed by atoms with van der Waals surface area (Å²) in [6.07, 6.45) is 0. The minimum absolute atomic E-state index is 0.584. The number of ether oxygens (including phenoxy) is 4. The van der Waals surface area contributed by atoms with Gasteiger partial charge in [0.2, 0.25) is 0 Å². The largest absolute Gasteiger partial charge is 0.372 e. The predicted molar refractivity (Wildman–Crippen MR) is 140 cm³/mol. The summed E-state index contributed by atoms with van der Waals surface area (Å²) in [5.74, 6) is 0. The Morgan fingerprint density at radius 3 is 0.444 bits per heavy atom. The van der Waals surface area contributed by atoms with Crippen molar-refractivity contribution in [3.05, 3.63) is 142 Å². The molecule has 0 saturated carbocycles. The molecule has 4 heteroatoms. The summed E-state index contributed by atoms with van der Waals surface area (Å²) in [5.41, 5.74) is 9.24. The summed E-state index contributed by atoms with van der Waals surface area (Å²) in [4.78, 5) is 0. The highest BCUT2D eigenvalue weighted by molar-refractivity contribution is 5.25. The molecule has 4 aromatic rings. The Labute approximate surface area is 213 Å². The molecule has 10 heterocycles. The summed E-state index contributed by atoms with van der Waals surface area (Å²) in [6, 6.07) is 33.7. The zero-order valence-corrected chi connectivity index (χ0v) is 20.5. The van der Waals surface area contributed by atoms with E-state index in [-0.39, 0.29) is 0 Å². The Kier molecular flexibility index (Phi) is 8.55. The molecule has 0 spiro atoms. The quantitative estimate of drug-likeness (QED) is 0.275. The van der Waals surface area contributed by atoms with Crippen molar-refractivity contribution in [1.29, 1.82) is 0 Å². The van der Waals surface area contributed by atoms with Crippen molar-refractivity contribution in [3.63, 3.8) is 0 Å². The second kappa shape index (κ2) is 12.6. The molecule has 0 aromatic heterocycles. The summed E-state index contributed by atoms with van der Waals surface area (Å²) in [7, 11) is 0. The van der Waals surface area contributed by atoms with Crippen LogP contribution in [-0.2, 0) is 71.8 Å². The number of hydrogen-bond donors (Lipinski definition) is 0. The molecule has 36 heavy (non-hydrogen) atoms. The lowest BCUT2D eigenvalue weighted by atomic mass is 10.1. The monoisotopic (exact) mass is 480 g/mol. The first-order chi connectivity index (χ1) is 17.8. The van der Waals surface area contributed by atoms with Crippen LogP contribution in [0.4, 0.5) is 0 Å². The molecule has 0 radical (unpaired) electrons. The van der Waals surface area contributed by atoms with Crippen molar-refractivity contribution in [2.45, 2.75) is 52.9 Å². The van der Waals surface area contributed by atoms with Crippen LogP contribution in [0.2, 0.25) is 0 Å². The third kappa shape index (κ3) is 7.36. The molecule has 184 valence electrons. The van der Waals surface area contributed by atoms with Gasteiger partial charge in [0.1, 0.15) is 0 Å². The van der Waals surface area contributed by atoms with Crippen molar-refractivity contribution in [2.24, 2.45) is 0 Å². The first kappa shape index (κ1) is 24.4. The van der Waals surface area contributed by atoms with E-state index >= 15 is 0 Å². The molecule has 0 atom stereocenters. The van der Waals surface area contributed by atoms with Crippen LogP contribution >= 0.6 is 0 Å². The summed E-state index contributed by atoms with van der Waals surface area (Å²) in [5, 5.41) is 0. The van der Waals surface area contributed by atoms with Gasteiger partial charge in [-0.25, -0.2) is 0 Å². The fourth-order valence-electron chi connectivity index (χ4n) is 4.07. The third-order valence-corrected chi connectivity index (χ3v) is 6.24. The maximum absolute atomic E-state index is 5.93. The van der Waals surface area contributed by atoms with Gasteiger partial charge in [-0.05, 0) is 44.5 Å².